The number of nitrogens with zero attached hydrogens (tertiary/aromatic N) is 1. The maximum atomic E-state index is 12.8. The predicted molar refractivity (Wildman–Crippen MR) is 78.5 cm³/mol. The average Bonchev–Trinajstić information content (AvgIpc) is 2.74. The molecule has 0 saturated carbocycles. The summed E-state index contributed by atoms with van der Waals surface area (Å²) in [6, 6.07) is 8.82. The van der Waals surface area contributed by atoms with Crippen LogP contribution < -0.4 is 0 Å². The topological polar surface area (TPSA) is 3.24 Å². The van der Waals surface area contributed by atoms with E-state index in [2.05, 4.69) is 39.3 Å². The third kappa shape index (κ3) is 3.90. The number of likely N-dealkylation sites (N-methyl/N-ethyl adjacent to an activating group) is 1. The van der Waals surface area contributed by atoms with Gasteiger partial charge in [0.25, 0.3) is 0 Å². The number of halogens is 2. The van der Waals surface area contributed by atoms with E-state index in [-0.39, 0.29) is 5.82 Å². The van der Waals surface area contributed by atoms with Gasteiger partial charge in [-0.05, 0) is 58.5 Å². The van der Waals surface area contributed by atoms with Crippen molar-refractivity contribution in [3.63, 3.8) is 0 Å². The van der Waals surface area contributed by atoms with Crippen molar-refractivity contribution < 1.29 is 4.39 Å². The Balaban J connectivity index is 1.83. The Bertz CT molecular complexity index is 495. The molecule has 0 unspecified atom stereocenters. The van der Waals surface area contributed by atoms with Gasteiger partial charge in [-0.25, -0.2) is 4.39 Å². The molecule has 4 heteroatoms. The first kappa shape index (κ1) is 13.7. The molecular formula is C14H15BrFNS. The van der Waals surface area contributed by atoms with Gasteiger partial charge in [0.05, 0.1) is 0 Å². The minimum absolute atomic E-state index is 0.172. The Labute approximate surface area is 119 Å². The largest absolute Gasteiger partial charge is 0.301 e. The summed E-state index contributed by atoms with van der Waals surface area (Å²) in [6.45, 7) is 1.91. The van der Waals surface area contributed by atoms with Crippen LogP contribution >= 0.6 is 27.3 Å². The summed E-state index contributed by atoms with van der Waals surface area (Å²) in [7, 11) is 2.11. The molecule has 0 N–H and O–H groups in total. The van der Waals surface area contributed by atoms with Crippen LogP contribution in [0.1, 0.15) is 10.4 Å². The first-order valence-corrected chi connectivity index (χ1v) is 7.47. The normalized spacial score (nSPS) is 11.1. The van der Waals surface area contributed by atoms with Crippen molar-refractivity contribution in [3.05, 3.63) is 56.4 Å². The zero-order valence-electron chi connectivity index (χ0n) is 10.2. The van der Waals surface area contributed by atoms with E-state index in [1.165, 1.54) is 27.0 Å². The summed E-state index contributed by atoms with van der Waals surface area (Å²) >= 11 is 5.30. The van der Waals surface area contributed by atoms with Gasteiger partial charge >= 0.3 is 0 Å². The number of rotatable bonds is 5. The van der Waals surface area contributed by atoms with Crippen molar-refractivity contribution in [2.45, 2.75) is 13.0 Å². The molecule has 0 spiro atoms. The van der Waals surface area contributed by atoms with Crippen LogP contribution in [-0.2, 0) is 13.0 Å². The molecule has 18 heavy (non-hydrogen) atoms. The van der Waals surface area contributed by atoms with Crippen LogP contribution in [0.3, 0.4) is 0 Å². The van der Waals surface area contributed by atoms with Crippen LogP contribution in [-0.4, -0.2) is 18.5 Å². The minimum atomic E-state index is -0.172. The molecule has 0 fully saturated rings. The summed E-state index contributed by atoms with van der Waals surface area (Å²) < 4.78 is 13.9. The zero-order chi connectivity index (χ0) is 13.0. The molecule has 2 aromatic rings. The van der Waals surface area contributed by atoms with Gasteiger partial charge in [0, 0.05) is 22.4 Å². The lowest BCUT2D eigenvalue weighted by molar-refractivity contribution is 0.333. The van der Waals surface area contributed by atoms with Crippen molar-refractivity contribution in [3.8, 4) is 0 Å². The fourth-order valence-corrected chi connectivity index (χ4v) is 3.29. The number of hydrogen-bond donors (Lipinski definition) is 0. The van der Waals surface area contributed by atoms with E-state index < -0.39 is 0 Å². The SMILES string of the molecule is CN(CCc1ccc(F)cc1)Cc1sccc1Br. The molecule has 0 aliphatic rings. The Morgan fingerprint density at radius 3 is 2.56 bits per heavy atom. The van der Waals surface area contributed by atoms with E-state index in [1.807, 2.05) is 12.1 Å². The van der Waals surface area contributed by atoms with Crippen LogP contribution in [0, 0.1) is 5.82 Å². The van der Waals surface area contributed by atoms with Crippen LogP contribution in [0.2, 0.25) is 0 Å². The fourth-order valence-electron chi connectivity index (χ4n) is 1.73. The molecule has 0 atom stereocenters. The highest BCUT2D eigenvalue weighted by molar-refractivity contribution is 9.10. The maximum absolute atomic E-state index is 12.8. The first-order valence-electron chi connectivity index (χ1n) is 5.80. The van der Waals surface area contributed by atoms with Crippen molar-refractivity contribution in [1.82, 2.24) is 4.90 Å². The highest BCUT2D eigenvalue weighted by atomic mass is 79.9. The Morgan fingerprint density at radius 1 is 1.22 bits per heavy atom. The molecule has 0 aliphatic heterocycles. The monoisotopic (exact) mass is 327 g/mol. The molecule has 1 heterocycles. The van der Waals surface area contributed by atoms with Crippen LogP contribution in [0.4, 0.5) is 4.39 Å². The number of hydrogen-bond acceptors (Lipinski definition) is 2. The lowest BCUT2D eigenvalue weighted by Crippen LogP contribution is -2.20. The van der Waals surface area contributed by atoms with Gasteiger partial charge in [-0.1, -0.05) is 12.1 Å². The molecule has 2 rings (SSSR count). The van der Waals surface area contributed by atoms with Crippen molar-refractivity contribution >= 4 is 27.3 Å². The van der Waals surface area contributed by atoms with E-state index in [9.17, 15) is 4.39 Å². The first-order chi connectivity index (χ1) is 8.65. The van der Waals surface area contributed by atoms with Gasteiger partial charge in [0.2, 0.25) is 0 Å². The van der Waals surface area contributed by atoms with Crippen LogP contribution in [0.5, 0.6) is 0 Å². The van der Waals surface area contributed by atoms with Crippen molar-refractivity contribution in [2.75, 3.05) is 13.6 Å². The number of benzene rings is 1. The van der Waals surface area contributed by atoms with E-state index in [0.29, 0.717) is 0 Å². The fraction of sp³-hybridized carbons (Fsp3) is 0.286. The van der Waals surface area contributed by atoms with Gasteiger partial charge in [-0.3, -0.25) is 0 Å². The lowest BCUT2D eigenvalue weighted by atomic mass is 10.1. The predicted octanol–water partition coefficient (Wildman–Crippen LogP) is 4.32. The molecule has 96 valence electrons. The van der Waals surface area contributed by atoms with Crippen molar-refractivity contribution in [1.29, 1.82) is 0 Å². The molecule has 1 nitrogen and oxygen atoms in total. The van der Waals surface area contributed by atoms with Gasteiger partial charge in [0.1, 0.15) is 5.82 Å². The van der Waals surface area contributed by atoms with E-state index in [1.54, 1.807) is 11.3 Å². The Hall–Kier alpha value is -0.710. The van der Waals surface area contributed by atoms with Crippen LogP contribution in [0.15, 0.2) is 40.2 Å². The van der Waals surface area contributed by atoms with E-state index >= 15 is 0 Å². The molecule has 0 bridgehead atoms. The molecule has 1 aromatic heterocycles. The standard InChI is InChI=1S/C14H15BrFNS/c1-17(10-14-13(15)7-9-18-14)8-6-11-2-4-12(16)5-3-11/h2-5,7,9H,6,8,10H2,1H3. The highest BCUT2D eigenvalue weighted by Crippen LogP contribution is 2.23. The molecular weight excluding hydrogens is 313 g/mol. The molecule has 0 radical (unpaired) electrons. The molecule has 0 amide bonds. The maximum Gasteiger partial charge on any atom is 0.123 e. The summed E-state index contributed by atoms with van der Waals surface area (Å²) in [5.74, 6) is -0.172. The second-order valence-corrected chi connectivity index (χ2v) is 6.16. The van der Waals surface area contributed by atoms with E-state index in [4.69, 9.17) is 0 Å². The summed E-state index contributed by atoms with van der Waals surface area (Å²) in [5, 5.41) is 2.09. The molecule has 1 aromatic carbocycles. The minimum Gasteiger partial charge on any atom is -0.301 e. The smallest absolute Gasteiger partial charge is 0.123 e. The molecule has 0 aliphatic carbocycles. The Morgan fingerprint density at radius 2 is 1.94 bits per heavy atom. The van der Waals surface area contributed by atoms with Gasteiger partial charge in [0.15, 0.2) is 0 Å². The third-order valence-corrected chi connectivity index (χ3v) is 4.71. The highest BCUT2D eigenvalue weighted by Gasteiger charge is 2.05. The number of thiophene rings is 1. The molecule has 0 saturated heterocycles. The van der Waals surface area contributed by atoms with Gasteiger partial charge < -0.3 is 4.90 Å². The van der Waals surface area contributed by atoms with Gasteiger partial charge in [-0.2, -0.15) is 0 Å². The summed E-state index contributed by atoms with van der Waals surface area (Å²) in [5.41, 5.74) is 1.17. The average molecular weight is 328 g/mol. The second kappa shape index (κ2) is 6.45. The third-order valence-electron chi connectivity index (χ3n) is 2.80. The lowest BCUT2D eigenvalue weighted by Gasteiger charge is -2.15. The zero-order valence-corrected chi connectivity index (χ0v) is 12.6. The van der Waals surface area contributed by atoms with Gasteiger partial charge in [-0.15, -0.1) is 11.3 Å². The quantitative estimate of drug-likeness (QED) is 0.790. The Kier molecular flexibility index (Phi) is 4.92. The summed E-state index contributed by atoms with van der Waals surface area (Å²) in [6.07, 6.45) is 0.944. The van der Waals surface area contributed by atoms with E-state index in [0.717, 1.165) is 19.5 Å². The van der Waals surface area contributed by atoms with Crippen LogP contribution in [0.25, 0.3) is 0 Å². The van der Waals surface area contributed by atoms with Crippen molar-refractivity contribution in [2.24, 2.45) is 0 Å². The summed E-state index contributed by atoms with van der Waals surface area (Å²) in [4.78, 5) is 3.62. The second-order valence-electron chi connectivity index (χ2n) is 4.31.